The third-order valence-electron chi connectivity index (χ3n) is 1.72. The normalized spacial score (nSPS) is 10.6. The van der Waals surface area contributed by atoms with E-state index in [2.05, 4.69) is 15.0 Å². The van der Waals surface area contributed by atoms with Gasteiger partial charge >= 0.3 is 0 Å². The summed E-state index contributed by atoms with van der Waals surface area (Å²) in [4.78, 5) is 12.1. The fourth-order valence-electron chi connectivity index (χ4n) is 1.04. The van der Waals surface area contributed by atoms with Gasteiger partial charge in [0.05, 0.1) is 0 Å². The van der Waals surface area contributed by atoms with Crippen LogP contribution in [-0.4, -0.2) is 15.0 Å². The van der Waals surface area contributed by atoms with Gasteiger partial charge < -0.3 is 0 Å². The first-order valence-electron chi connectivity index (χ1n) is 4.30. The molecule has 3 heteroatoms. The minimum absolute atomic E-state index is 0.712. The van der Waals surface area contributed by atoms with Gasteiger partial charge in [-0.05, 0) is 29.8 Å². The van der Waals surface area contributed by atoms with Crippen LogP contribution in [0, 0.1) is 0 Å². The Balaban J connectivity index is 2.16. The molecule has 0 aliphatic heterocycles. The average Bonchev–Trinajstić information content (AvgIpc) is 2.29. The van der Waals surface area contributed by atoms with E-state index in [1.54, 1.807) is 30.9 Å². The maximum absolute atomic E-state index is 4.08. The minimum Gasteiger partial charge on any atom is -0.265 e. The molecule has 0 fully saturated rings. The molecule has 0 aliphatic rings. The Morgan fingerprint density at radius 2 is 1.57 bits per heavy atom. The summed E-state index contributed by atoms with van der Waals surface area (Å²) in [5.41, 5.74) is 1.09. The topological polar surface area (TPSA) is 38.7 Å². The predicted octanol–water partition coefficient (Wildman–Crippen LogP) is 2.04. The zero-order valence-electron chi connectivity index (χ0n) is 7.54. The maximum atomic E-state index is 4.08. The van der Waals surface area contributed by atoms with Crippen LogP contribution in [0.15, 0.2) is 43.0 Å². The fraction of sp³-hybridized carbons (Fsp3) is 0. The van der Waals surface area contributed by atoms with E-state index in [-0.39, 0.29) is 0 Å². The number of rotatable bonds is 2. The molecule has 2 aromatic heterocycles. The summed E-state index contributed by atoms with van der Waals surface area (Å²) < 4.78 is 0. The lowest BCUT2D eigenvalue weighted by atomic mass is 10.2. The van der Waals surface area contributed by atoms with Crippen molar-refractivity contribution in [3.05, 3.63) is 54.4 Å². The molecule has 3 nitrogen and oxygen atoms in total. The van der Waals surface area contributed by atoms with E-state index in [4.69, 9.17) is 0 Å². The Hall–Kier alpha value is -2.03. The van der Waals surface area contributed by atoms with Crippen molar-refractivity contribution < 1.29 is 0 Å². The third kappa shape index (κ3) is 2.23. The molecule has 68 valence electrons. The number of pyridine rings is 1. The lowest BCUT2D eigenvalue weighted by Gasteiger charge is -1.91. The molecular weight excluding hydrogens is 174 g/mol. The number of nitrogens with zero attached hydrogens (tertiary/aromatic N) is 3. The highest BCUT2D eigenvalue weighted by molar-refractivity contribution is 5.65. The molecule has 0 bridgehead atoms. The first-order chi connectivity index (χ1) is 6.95. The monoisotopic (exact) mass is 183 g/mol. The van der Waals surface area contributed by atoms with E-state index >= 15 is 0 Å². The number of aromatic nitrogens is 3. The molecule has 0 aromatic carbocycles. The van der Waals surface area contributed by atoms with Gasteiger partial charge in [0.15, 0.2) is 5.82 Å². The van der Waals surface area contributed by atoms with Gasteiger partial charge in [0.25, 0.3) is 0 Å². The van der Waals surface area contributed by atoms with Crippen LogP contribution >= 0.6 is 0 Å². The zero-order chi connectivity index (χ0) is 9.64. The molecule has 0 saturated heterocycles. The van der Waals surface area contributed by atoms with Gasteiger partial charge in [-0.1, -0.05) is 6.08 Å². The van der Waals surface area contributed by atoms with Crippen molar-refractivity contribution in [2.24, 2.45) is 0 Å². The summed E-state index contributed by atoms with van der Waals surface area (Å²) in [6.07, 6.45) is 10.8. The molecule has 0 unspecified atom stereocenters. The molecule has 14 heavy (non-hydrogen) atoms. The summed E-state index contributed by atoms with van der Waals surface area (Å²) >= 11 is 0. The summed E-state index contributed by atoms with van der Waals surface area (Å²) in [5.74, 6) is 0.712. The van der Waals surface area contributed by atoms with Crippen molar-refractivity contribution in [1.29, 1.82) is 0 Å². The van der Waals surface area contributed by atoms with Gasteiger partial charge in [-0.2, -0.15) is 0 Å². The van der Waals surface area contributed by atoms with E-state index in [9.17, 15) is 0 Å². The van der Waals surface area contributed by atoms with Gasteiger partial charge in [-0.3, -0.25) is 4.98 Å². The minimum atomic E-state index is 0.712. The second kappa shape index (κ2) is 4.28. The molecule has 0 saturated carbocycles. The highest BCUT2D eigenvalue weighted by atomic mass is 14.8. The van der Waals surface area contributed by atoms with Crippen LogP contribution < -0.4 is 0 Å². The predicted molar refractivity (Wildman–Crippen MR) is 55.2 cm³/mol. The first-order valence-corrected chi connectivity index (χ1v) is 4.30. The standard InChI is InChI=1S/C11H9N3/c1-6-13-11(14-7-1)3-2-10-4-8-12-9-5-10/h1-9H/b3-2+. The van der Waals surface area contributed by atoms with Crippen LogP contribution in [0.25, 0.3) is 12.2 Å². The third-order valence-corrected chi connectivity index (χ3v) is 1.72. The largest absolute Gasteiger partial charge is 0.265 e. The van der Waals surface area contributed by atoms with Crippen LogP contribution in [0.5, 0.6) is 0 Å². The van der Waals surface area contributed by atoms with Crippen molar-refractivity contribution in [2.75, 3.05) is 0 Å². The summed E-state index contributed by atoms with van der Waals surface area (Å²) in [5, 5.41) is 0. The van der Waals surface area contributed by atoms with Crippen molar-refractivity contribution in [3.63, 3.8) is 0 Å². The van der Waals surface area contributed by atoms with Crippen LogP contribution in [0.2, 0.25) is 0 Å². The van der Waals surface area contributed by atoms with E-state index in [1.807, 2.05) is 24.3 Å². The molecule has 2 aromatic rings. The van der Waals surface area contributed by atoms with E-state index in [0.717, 1.165) is 5.56 Å². The Bertz CT molecular complexity index is 368. The molecule has 0 N–H and O–H groups in total. The molecule has 0 aliphatic carbocycles. The highest BCUT2D eigenvalue weighted by Crippen LogP contribution is 2.02. The van der Waals surface area contributed by atoms with E-state index in [0.29, 0.717) is 5.82 Å². The average molecular weight is 183 g/mol. The zero-order valence-corrected chi connectivity index (χ0v) is 7.54. The highest BCUT2D eigenvalue weighted by Gasteiger charge is 1.87. The Kier molecular flexibility index (Phi) is 2.62. The van der Waals surface area contributed by atoms with Crippen molar-refractivity contribution >= 4 is 12.2 Å². The summed E-state index contributed by atoms with van der Waals surface area (Å²) in [6, 6.07) is 5.66. The molecule has 0 spiro atoms. The van der Waals surface area contributed by atoms with Crippen molar-refractivity contribution in [3.8, 4) is 0 Å². The van der Waals surface area contributed by atoms with Gasteiger partial charge in [0.1, 0.15) is 0 Å². The molecule has 0 radical (unpaired) electrons. The molecule has 2 heterocycles. The Morgan fingerprint density at radius 1 is 0.857 bits per heavy atom. The van der Waals surface area contributed by atoms with Gasteiger partial charge in [0.2, 0.25) is 0 Å². The van der Waals surface area contributed by atoms with Crippen LogP contribution in [0.1, 0.15) is 11.4 Å². The number of hydrogen-bond acceptors (Lipinski definition) is 3. The molecular formula is C11H9N3. The summed E-state index contributed by atoms with van der Waals surface area (Å²) in [6.45, 7) is 0. The van der Waals surface area contributed by atoms with Crippen molar-refractivity contribution in [2.45, 2.75) is 0 Å². The van der Waals surface area contributed by atoms with Crippen LogP contribution in [0.4, 0.5) is 0 Å². The van der Waals surface area contributed by atoms with Gasteiger partial charge in [-0.15, -0.1) is 0 Å². The molecule has 0 atom stereocenters. The van der Waals surface area contributed by atoms with Gasteiger partial charge in [0, 0.05) is 24.8 Å². The smallest absolute Gasteiger partial charge is 0.151 e. The molecule has 2 rings (SSSR count). The van der Waals surface area contributed by atoms with E-state index < -0.39 is 0 Å². The second-order valence-electron chi connectivity index (χ2n) is 2.72. The summed E-state index contributed by atoms with van der Waals surface area (Å²) in [7, 11) is 0. The van der Waals surface area contributed by atoms with Crippen molar-refractivity contribution in [1.82, 2.24) is 15.0 Å². The first kappa shape index (κ1) is 8.56. The van der Waals surface area contributed by atoms with E-state index in [1.165, 1.54) is 0 Å². The Labute approximate surface area is 82.2 Å². The molecule has 0 amide bonds. The lowest BCUT2D eigenvalue weighted by Crippen LogP contribution is -1.82. The quantitative estimate of drug-likeness (QED) is 0.715. The fourth-order valence-corrected chi connectivity index (χ4v) is 1.04. The maximum Gasteiger partial charge on any atom is 0.151 e. The second-order valence-corrected chi connectivity index (χ2v) is 2.72. The van der Waals surface area contributed by atoms with Crippen LogP contribution in [-0.2, 0) is 0 Å². The lowest BCUT2D eigenvalue weighted by molar-refractivity contribution is 1.14. The van der Waals surface area contributed by atoms with Gasteiger partial charge in [-0.25, -0.2) is 9.97 Å². The van der Waals surface area contributed by atoms with Crippen LogP contribution in [0.3, 0.4) is 0 Å². The Morgan fingerprint density at radius 3 is 2.29 bits per heavy atom. The SMILES string of the molecule is C(=C\c1ncccn1)/c1ccncc1. The number of hydrogen-bond donors (Lipinski definition) is 0.